The number of rotatable bonds is 2. The van der Waals surface area contributed by atoms with Gasteiger partial charge >= 0.3 is 5.63 Å². The molecule has 0 atom stereocenters. The summed E-state index contributed by atoms with van der Waals surface area (Å²) in [6, 6.07) is 6.39. The van der Waals surface area contributed by atoms with Crippen LogP contribution in [0.15, 0.2) is 45.8 Å². The lowest BCUT2D eigenvalue weighted by Gasteiger charge is -2.05. The molecule has 2 rings (SSSR count). The van der Waals surface area contributed by atoms with Gasteiger partial charge in [0.25, 0.3) is 5.91 Å². The quantitative estimate of drug-likeness (QED) is 0.818. The summed E-state index contributed by atoms with van der Waals surface area (Å²) < 4.78 is 18.3. The van der Waals surface area contributed by atoms with E-state index in [4.69, 9.17) is 5.11 Å². The molecule has 0 saturated heterocycles. The van der Waals surface area contributed by atoms with Gasteiger partial charge in [0.15, 0.2) is 0 Å². The number of anilines is 1. The molecule has 1 aromatic carbocycles. The standard InChI is InChI=1S/C15H10FNO4/c16-13-8-12(5-3-10(13)2-1-7-18)17-15(20)11-4-6-14(19)21-9-11/h3-6,8-9,18H,7H2,(H,17,20). The maximum atomic E-state index is 13.7. The van der Waals surface area contributed by atoms with E-state index in [0.29, 0.717) is 0 Å². The molecule has 0 fully saturated rings. The molecule has 6 heteroatoms. The number of amides is 1. The molecular formula is C15H10FNO4. The highest BCUT2D eigenvalue weighted by Gasteiger charge is 2.08. The van der Waals surface area contributed by atoms with Crippen LogP contribution in [0.2, 0.25) is 0 Å². The van der Waals surface area contributed by atoms with Crippen molar-refractivity contribution in [2.45, 2.75) is 0 Å². The summed E-state index contributed by atoms with van der Waals surface area (Å²) in [4.78, 5) is 22.6. The summed E-state index contributed by atoms with van der Waals surface area (Å²) in [6.07, 6.45) is 1.02. The molecule has 0 radical (unpaired) electrons. The second-order valence-electron chi connectivity index (χ2n) is 3.95. The van der Waals surface area contributed by atoms with E-state index in [9.17, 15) is 14.0 Å². The molecule has 5 nitrogen and oxygen atoms in total. The smallest absolute Gasteiger partial charge is 0.335 e. The first-order valence-corrected chi connectivity index (χ1v) is 5.89. The lowest BCUT2D eigenvalue weighted by Crippen LogP contribution is -2.13. The monoisotopic (exact) mass is 287 g/mol. The van der Waals surface area contributed by atoms with Crippen LogP contribution in [0.3, 0.4) is 0 Å². The average Bonchev–Trinajstić information content (AvgIpc) is 2.47. The molecule has 0 bridgehead atoms. The van der Waals surface area contributed by atoms with Crippen molar-refractivity contribution in [3.63, 3.8) is 0 Å². The highest BCUT2D eigenvalue weighted by atomic mass is 19.1. The Labute approximate surface area is 119 Å². The SMILES string of the molecule is O=C(Nc1ccc(C#CCO)c(F)c1)c1ccc(=O)oc1. The molecule has 0 aliphatic heterocycles. The molecule has 0 unspecified atom stereocenters. The molecule has 1 aromatic heterocycles. The van der Waals surface area contributed by atoms with E-state index >= 15 is 0 Å². The Balaban J connectivity index is 2.16. The van der Waals surface area contributed by atoms with Crippen LogP contribution in [0.5, 0.6) is 0 Å². The number of hydrogen-bond acceptors (Lipinski definition) is 4. The van der Waals surface area contributed by atoms with E-state index in [1.165, 1.54) is 18.2 Å². The van der Waals surface area contributed by atoms with Crippen molar-refractivity contribution in [2.24, 2.45) is 0 Å². The molecule has 2 N–H and O–H groups in total. The first-order chi connectivity index (χ1) is 10.1. The fourth-order valence-corrected chi connectivity index (χ4v) is 1.52. The van der Waals surface area contributed by atoms with Crippen molar-refractivity contribution in [3.05, 3.63) is 64.0 Å². The number of aliphatic hydroxyl groups is 1. The first-order valence-electron chi connectivity index (χ1n) is 5.89. The lowest BCUT2D eigenvalue weighted by atomic mass is 10.2. The summed E-state index contributed by atoms with van der Waals surface area (Å²) in [6.45, 7) is -0.364. The number of carbonyl (C=O) groups is 1. The van der Waals surface area contributed by atoms with Crippen molar-refractivity contribution in [1.29, 1.82) is 0 Å². The van der Waals surface area contributed by atoms with Gasteiger partial charge in [-0.15, -0.1) is 0 Å². The van der Waals surface area contributed by atoms with Crippen LogP contribution in [-0.4, -0.2) is 17.6 Å². The number of aliphatic hydroxyl groups excluding tert-OH is 1. The van der Waals surface area contributed by atoms with Crippen LogP contribution in [0, 0.1) is 17.7 Å². The third-order valence-electron chi connectivity index (χ3n) is 2.49. The number of hydrogen-bond donors (Lipinski definition) is 2. The van der Waals surface area contributed by atoms with E-state index in [-0.39, 0.29) is 23.4 Å². The van der Waals surface area contributed by atoms with E-state index in [2.05, 4.69) is 21.6 Å². The van der Waals surface area contributed by atoms with Gasteiger partial charge in [-0.05, 0) is 24.3 Å². The fourth-order valence-electron chi connectivity index (χ4n) is 1.52. The molecular weight excluding hydrogens is 277 g/mol. The van der Waals surface area contributed by atoms with Gasteiger partial charge in [-0.2, -0.15) is 0 Å². The third-order valence-corrected chi connectivity index (χ3v) is 2.49. The zero-order chi connectivity index (χ0) is 15.2. The Kier molecular flexibility index (Phi) is 4.49. The normalized spacial score (nSPS) is 9.62. The highest BCUT2D eigenvalue weighted by molar-refractivity contribution is 6.03. The van der Waals surface area contributed by atoms with Gasteiger partial charge in [0.05, 0.1) is 11.1 Å². The molecule has 21 heavy (non-hydrogen) atoms. The number of halogens is 1. The van der Waals surface area contributed by atoms with Crippen molar-refractivity contribution < 1.29 is 18.7 Å². The second kappa shape index (κ2) is 6.50. The summed E-state index contributed by atoms with van der Waals surface area (Å²) >= 11 is 0. The number of nitrogens with one attached hydrogen (secondary N) is 1. The van der Waals surface area contributed by atoms with Gasteiger partial charge in [-0.25, -0.2) is 9.18 Å². The van der Waals surface area contributed by atoms with Gasteiger partial charge < -0.3 is 14.8 Å². The molecule has 0 spiro atoms. The molecule has 1 amide bonds. The van der Waals surface area contributed by atoms with Crippen LogP contribution in [0.25, 0.3) is 0 Å². The van der Waals surface area contributed by atoms with Crippen molar-refractivity contribution >= 4 is 11.6 Å². The van der Waals surface area contributed by atoms with Gasteiger partial charge in [0.2, 0.25) is 0 Å². The minimum atomic E-state index is -0.617. The van der Waals surface area contributed by atoms with Crippen molar-refractivity contribution in [2.75, 3.05) is 11.9 Å². The van der Waals surface area contributed by atoms with Crippen LogP contribution in [0.4, 0.5) is 10.1 Å². The van der Waals surface area contributed by atoms with Crippen molar-refractivity contribution in [1.82, 2.24) is 0 Å². The van der Waals surface area contributed by atoms with E-state index in [1.807, 2.05) is 0 Å². The highest BCUT2D eigenvalue weighted by Crippen LogP contribution is 2.14. The number of carbonyl (C=O) groups excluding carboxylic acids is 1. The molecule has 0 aliphatic carbocycles. The Morgan fingerprint density at radius 1 is 1.33 bits per heavy atom. The maximum Gasteiger partial charge on any atom is 0.335 e. The molecule has 2 aromatic rings. The summed E-state index contributed by atoms with van der Waals surface area (Å²) in [5.74, 6) is 3.62. The van der Waals surface area contributed by atoms with E-state index in [0.717, 1.165) is 18.4 Å². The summed E-state index contributed by atoms with van der Waals surface area (Å²) in [5, 5.41) is 11.0. The predicted molar refractivity (Wildman–Crippen MR) is 73.3 cm³/mol. The Morgan fingerprint density at radius 3 is 2.76 bits per heavy atom. The summed E-state index contributed by atoms with van der Waals surface area (Å²) in [7, 11) is 0. The van der Waals surface area contributed by atoms with Gasteiger partial charge in [-0.3, -0.25) is 4.79 Å². The minimum Gasteiger partial charge on any atom is -0.430 e. The lowest BCUT2D eigenvalue weighted by molar-refractivity contribution is 0.102. The molecule has 0 aliphatic rings. The van der Waals surface area contributed by atoms with Crippen LogP contribution in [0.1, 0.15) is 15.9 Å². The van der Waals surface area contributed by atoms with Crippen LogP contribution < -0.4 is 10.9 Å². The van der Waals surface area contributed by atoms with Gasteiger partial charge in [-0.1, -0.05) is 11.8 Å². The Hall–Kier alpha value is -2.91. The summed E-state index contributed by atoms with van der Waals surface area (Å²) in [5.41, 5.74) is -0.0745. The fraction of sp³-hybridized carbons (Fsp3) is 0.0667. The van der Waals surface area contributed by atoms with Gasteiger partial charge in [0, 0.05) is 11.8 Å². The zero-order valence-electron chi connectivity index (χ0n) is 10.7. The zero-order valence-corrected chi connectivity index (χ0v) is 10.7. The minimum absolute atomic E-state index is 0.118. The molecule has 0 saturated carbocycles. The predicted octanol–water partition coefficient (Wildman–Crippen LogP) is 1.38. The maximum absolute atomic E-state index is 13.7. The Morgan fingerprint density at radius 2 is 2.14 bits per heavy atom. The Bertz CT molecular complexity index is 766. The largest absolute Gasteiger partial charge is 0.430 e. The topological polar surface area (TPSA) is 79.5 Å². The molecule has 106 valence electrons. The van der Waals surface area contributed by atoms with Crippen molar-refractivity contribution in [3.8, 4) is 11.8 Å². The van der Waals surface area contributed by atoms with Crippen LogP contribution >= 0.6 is 0 Å². The van der Waals surface area contributed by atoms with Crippen LogP contribution in [-0.2, 0) is 0 Å². The van der Waals surface area contributed by atoms with E-state index < -0.39 is 17.3 Å². The third kappa shape index (κ3) is 3.78. The average molecular weight is 287 g/mol. The molecule has 1 heterocycles. The number of benzene rings is 1. The first kappa shape index (κ1) is 14.5. The van der Waals surface area contributed by atoms with Gasteiger partial charge in [0.1, 0.15) is 18.7 Å². The second-order valence-corrected chi connectivity index (χ2v) is 3.95. The van der Waals surface area contributed by atoms with E-state index in [1.54, 1.807) is 0 Å².